The SMILES string of the molecule is CCCN(CC(=O)N1CCc2sccc2[C@H]1COc1cccc(OC)c1)C(=O)c1cccc(F)c1. The van der Waals surface area contributed by atoms with Crippen molar-refractivity contribution in [3.05, 3.63) is 81.8 Å². The van der Waals surface area contributed by atoms with E-state index in [1.165, 1.54) is 28.0 Å². The van der Waals surface area contributed by atoms with Crippen molar-refractivity contribution in [1.29, 1.82) is 0 Å². The molecule has 2 aromatic carbocycles. The van der Waals surface area contributed by atoms with E-state index in [9.17, 15) is 14.0 Å². The third-order valence-electron chi connectivity index (χ3n) is 6.04. The van der Waals surface area contributed by atoms with Crippen molar-refractivity contribution >= 4 is 23.2 Å². The summed E-state index contributed by atoms with van der Waals surface area (Å²) in [5.74, 6) is 0.375. The van der Waals surface area contributed by atoms with E-state index >= 15 is 0 Å². The first-order valence-corrected chi connectivity index (χ1v) is 12.6. The highest BCUT2D eigenvalue weighted by Gasteiger charge is 2.33. The molecule has 1 aliphatic heterocycles. The van der Waals surface area contributed by atoms with E-state index in [4.69, 9.17) is 9.47 Å². The lowest BCUT2D eigenvalue weighted by atomic mass is 10.0. The Labute approximate surface area is 208 Å². The Kier molecular flexibility index (Phi) is 8.02. The lowest BCUT2D eigenvalue weighted by Gasteiger charge is -2.37. The second-order valence-corrected chi connectivity index (χ2v) is 9.38. The summed E-state index contributed by atoms with van der Waals surface area (Å²) < 4.78 is 25.1. The largest absolute Gasteiger partial charge is 0.497 e. The van der Waals surface area contributed by atoms with Crippen LogP contribution >= 0.6 is 11.3 Å². The highest BCUT2D eigenvalue weighted by Crippen LogP contribution is 2.34. The Balaban J connectivity index is 1.52. The first-order valence-electron chi connectivity index (χ1n) is 11.7. The third kappa shape index (κ3) is 5.82. The van der Waals surface area contributed by atoms with Crippen LogP contribution in [0.1, 0.15) is 40.2 Å². The fraction of sp³-hybridized carbons (Fsp3) is 0.333. The van der Waals surface area contributed by atoms with Crippen LogP contribution in [0.2, 0.25) is 0 Å². The van der Waals surface area contributed by atoms with Crippen molar-refractivity contribution in [3.63, 3.8) is 0 Å². The number of thiophene rings is 1. The molecule has 0 spiro atoms. The van der Waals surface area contributed by atoms with Gasteiger partial charge in [-0.2, -0.15) is 0 Å². The van der Waals surface area contributed by atoms with Crippen LogP contribution in [0, 0.1) is 5.82 Å². The molecule has 2 amide bonds. The normalized spacial score (nSPS) is 14.8. The van der Waals surface area contributed by atoms with Crippen LogP contribution in [0.4, 0.5) is 4.39 Å². The molecule has 8 heteroatoms. The van der Waals surface area contributed by atoms with E-state index in [1.54, 1.807) is 29.4 Å². The predicted octanol–water partition coefficient (Wildman–Crippen LogP) is 4.95. The fourth-order valence-electron chi connectivity index (χ4n) is 4.32. The Morgan fingerprint density at radius 1 is 1.14 bits per heavy atom. The smallest absolute Gasteiger partial charge is 0.254 e. The summed E-state index contributed by atoms with van der Waals surface area (Å²) in [5.41, 5.74) is 1.32. The number of rotatable bonds is 9. The zero-order valence-corrected chi connectivity index (χ0v) is 20.7. The summed E-state index contributed by atoms with van der Waals surface area (Å²) in [6.07, 6.45) is 1.45. The van der Waals surface area contributed by atoms with Gasteiger partial charge in [0.2, 0.25) is 5.91 Å². The van der Waals surface area contributed by atoms with Crippen LogP contribution in [0.25, 0.3) is 0 Å². The number of hydrogen-bond donors (Lipinski definition) is 0. The van der Waals surface area contributed by atoms with Gasteiger partial charge in [0.1, 0.15) is 30.5 Å². The van der Waals surface area contributed by atoms with Crippen LogP contribution in [0.3, 0.4) is 0 Å². The topological polar surface area (TPSA) is 59.1 Å². The van der Waals surface area contributed by atoms with E-state index < -0.39 is 5.82 Å². The second-order valence-electron chi connectivity index (χ2n) is 8.38. The van der Waals surface area contributed by atoms with E-state index in [0.717, 1.165) is 12.0 Å². The van der Waals surface area contributed by atoms with Gasteiger partial charge < -0.3 is 19.3 Å². The van der Waals surface area contributed by atoms with E-state index in [1.807, 2.05) is 42.6 Å². The van der Waals surface area contributed by atoms with Gasteiger partial charge in [-0.3, -0.25) is 9.59 Å². The standard InChI is InChI=1S/C27H29FN2O4S/c1-3-12-29(27(32)19-6-4-7-20(28)15-19)17-26(31)30-13-10-25-23(11-14-35-25)24(30)18-34-22-9-5-8-21(16-22)33-2/h4-9,11,14-16,24H,3,10,12-13,17-18H2,1-2H3/t24-/m1/s1. The molecule has 0 aliphatic carbocycles. The average molecular weight is 497 g/mol. The summed E-state index contributed by atoms with van der Waals surface area (Å²) in [6.45, 7) is 3.11. The molecule has 0 unspecified atom stereocenters. The minimum Gasteiger partial charge on any atom is -0.497 e. The number of amides is 2. The molecule has 0 saturated carbocycles. The first kappa shape index (κ1) is 24.7. The second kappa shape index (κ2) is 11.4. The van der Waals surface area contributed by atoms with Gasteiger partial charge >= 0.3 is 0 Å². The quantitative estimate of drug-likeness (QED) is 0.421. The lowest BCUT2D eigenvalue weighted by Crippen LogP contribution is -2.48. The maximum Gasteiger partial charge on any atom is 0.254 e. The molecule has 0 radical (unpaired) electrons. The summed E-state index contributed by atoms with van der Waals surface area (Å²) in [4.78, 5) is 31.1. The zero-order chi connectivity index (χ0) is 24.8. The van der Waals surface area contributed by atoms with Crippen molar-refractivity contribution < 1.29 is 23.5 Å². The van der Waals surface area contributed by atoms with Crippen LogP contribution < -0.4 is 9.47 Å². The molecule has 3 aromatic rings. The molecule has 1 atom stereocenters. The molecule has 0 fully saturated rings. The molecule has 2 heterocycles. The Morgan fingerprint density at radius 3 is 2.71 bits per heavy atom. The number of ether oxygens (including phenoxy) is 2. The van der Waals surface area contributed by atoms with Gasteiger partial charge in [0, 0.05) is 29.6 Å². The third-order valence-corrected chi connectivity index (χ3v) is 7.04. The number of carbonyl (C=O) groups excluding carboxylic acids is 2. The van der Waals surface area contributed by atoms with Crippen LogP contribution in [0.15, 0.2) is 60.0 Å². The molecule has 0 saturated heterocycles. The van der Waals surface area contributed by atoms with Crippen LogP contribution in [0.5, 0.6) is 11.5 Å². The van der Waals surface area contributed by atoms with Crippen LogP contribution in [-0.4, -0.2) is 55.0 Å². The summed E-state index contributed by atoms with van der Waals surface area (Å²) in [6, 6.07) is 14.7. The number of hydrogen-bond acceptors (Lipinski definition) is 5. The zero-order valence-electron chi connectivity index (χ0n) is 19.9. The molecule has 1 aliphatic rings. The number of methoxy groups -OCH3 is 1. The molecule has 0 bridgehead atoms. The summed E-state index contributed by atoms with van der Waals surface area (Å²) in [7, 11) is 1.60. The molecule has 1 aromatic heterocycles. The first-order chi connectivity index (χ1) is 17.0. The molecular weight excluding hydrogens is 467 g/mol. The molecule has 184 valence electrons. The van der Waals surface area contributed by atoms with Gasteiger partial charge in [0.15, 0.2) is 0 Å². The number of carbonyl (C=O) groups is 2. The fourth-order valence-corrected chi connectivity index (χ4v) is 5.25. The monoisotopic (exact) mass is 496 g/mol. The van der Waals surface area contributed by atoms with Crippen molar-refractivity contribution in [2.45, 2.75) is 25.8 Å². The molecule has 0 N–H and O–H groups in total. The Morgan fingerprint density at radius 2 is 1.94 bits per heavy atom. The highest BCUT2D eigenvalue weighted by atomic mass is 32.1. The Bertz CT molecular complexity index is 1180. The number of halogens is 1. The molecule has 35 heavy (non-hydrogen) atoms. The molecular formula is C27H29FN2O4S. The maximum atomic E-state index is 13.7. The Hall–Kier alpha value is -3.39. The number of benzene rings is 2. The van der Waals surface area contributed by atoms with Crippen molar-refractivity contribution in [3.8, 4) is 11.5 Å². The van der Waals surface area contributed by atoms with Crippen molar-refractivity contribution in [2.75, 3.05) is 33.4 Å². The van der Waals surface area contributed by atoms with Crippen molar-refractivity contribution in [1.82, 2.24) is 9.80 Å². The predicted molar refractivity (Wildman–Crippen MR) is 134 cm³/mol. The van der Waals surface area contributed by atoms with E-state index in [0.29, 0.717) is 31.0 Å². The number of fused-ring (bicyclic) bond motifs is 1. The van der Waals surface area contributed by atoms with E-state index in [-0.39, 0.29) is 36.6 Å². The minimum atomic E-state index is -0.477. The van der Waals surface area contributed by atoms with Gasteiger partial charge in [-0.05, 0) is 60.2 Å². The molecule has 6 nitrogen and oxygen atoms in total. The van der Waals surface area contributed by atoms with Gasteiger partial charge in [0.25, 0.3) is 5.91 Å². The van der Waals surface area contributed by atoms with Crippen molar-refractivity contribution in [2.24, 2.45) is 0 Å². The summed E-state index contributed by atoms with van der Waals surface area (Å²) in [5, 5.41) is 2.04. The maximum absolute atomic E-state index is 13.7. The lowest BCUT2D eigenvalue weighted by molar-refractivity contribution is -0.135. The summed E-state index contributed by atoms with van der Waals surface area (Å²) >= 11 is 1.68. The average Bonchev–Trinajstić information content (AvgIpc) is 3.36. The minimum absolute atomic E-state index is 0.0711. The van der Waals surface area contributed by atoms with Gasteiger partial charge in [-0.25, -0.2) is 4.39 Å². The van der Waals surface area contributed by atoms with Crippen LogP contribution in [-0.2, 0) is 11.2 Å². The van der Waals surface area contributed by atoms with Gasteiger partial charge in [-0.15, -0.1) is 11.3 Å². The number of nitrogens with zero attached hydrogens (tertiary/aromatic N) is 2. The van der Waals surface area contributed by atoms with Gasteiger partial charge in [0.05, 0.1) is 13.2 Å². The van der Waals surface area contributed by atoms with E-state index in [2.05, 4.69) is 0 Å². The van der Waals surface area contributed by atoms with Gasteiger partial charge in [-0.1, -0.05) is 19.1 Å². The molecule has 4 rings (SSSR count). The highest BCUT2D eigenvalue weighted by molar-refractivity contribution is 7.10.